The van der Waals surface area contributed by atoms with Crippen LogP contribution in [0.5, 0.6) is 0 Å². The van der Waals surface area contributed by atoms with E-state index in [0.29, 0.717) is 4.48 Å². The van der Waals surface area contributed by atoms with Gasteiger partial charge < -0.3 is 4.74 Å². The van der Waals surface area contributed by atoms with Gasteiger partial charge in [0.2, 0.25) is 6.23 Å². The molecule has 4 nitrogen and oxygen atoms in total. The Morgan fingerprint density at radius 1 is 1.20 bits per heavy atom. The number of ether oxygens (including phenoxy) is 1. The summed E-state index contributed by atoms with van der Waals surface area (Å²) < 4.78 is 5.59. The van der Waals surface area contributed by atoms with Crippen molar-refractivity contribution < 1.29 is 18.8 Å². The van der Waals surface area contributed by atoms with Crippen LogP contribution in [0, 0.1) is 5.92 Å². The van der Waals surface area contributed by atoms with Crippen LogP contribution in [0.15, 0.2) is 0 Å². The smallest absolute Gasteiger partial charge is 0.307 e. The first kappa shape index (κ1) is 14.1. The number of Topliss-reactive ketones (excluding diaryl/α,β-unsaturated/α-hetero) is 1. The maximum Gasteiger partial charge on any atom is 0.307 e. The molecule has 0 aliphatic heterocycles. The molecule has 0 bridgehead atoms. The number of hydrogen-bond donors (Lipinski definition) is 0. The summed E-state index contributed by atoms with van der Waals surface area (Å²) in [5.74, 6) is -0.242. The van der Waals surface area contributed by atoms with Gasteiger partial charge >= 0.3 is 5.97 Å². The van der Waals surface area contributed by atoms with Gasteiger partial charge in [-0.2, -0.15) is 0 Å². The van der Waals surface area contributed by atoms with Gasteiger partial charge in [-0.3, -0.25) is 14.1 Å². The molecule has 15 heavy (non-hydrogen) atoms. The number of rotatable bonds is 5. The molecule has 0 aromatic carbocycles. The standard InChI is InChI=1S/C11H22NO3/c1-8(2)10(14)7-11(12(4,5)6)15-9(3)13/h8,11H,7H2,1-6H3/q+1. The number of quaternary nitrogens is 1. The second-order valence-electron chi connectivity index (χ2n) is 5.01. The summed E-state index contributed by atoms with van der Waals surface area (Å²) in [6, 6.07) is 0. The van der Waals surface area contributed by atoms with Crippen molar-refractivity contribution in [3.05, 3.63) is 0 Å². The maximum absolute atomic E-state index is 11.6. The van der Waals surface area contributed by atoms with Gasteiger partial charge in [0.1, 0.15) is 5.78 Å². The SMILES string of the molecule is CC(=O)OC(CC(=O)C(C)C)[N+](C)(C)C. The lowest BCUT2D eigenvalue weighted by Crippen LogP contribution is -2.48. The molecule has 0 aromatic rings. The topological polar surface area (TPSA) is 43.4 Å². The predicted molar refractivity (Wildman–Crippen MR) is 58.0 cm³/mol. The van der Waals surface area contributed by atoms with Crippen molar-refractivity contribution in [1.29, 1.82) is 0 Å². The molecule has 0 spiro atoms. The number of ketones is 1. The number of nitrogens with zero attached hydrogens (tertiary/aromatic N) is 1. The predicted octanol–water partition coefficient (Wildman–Crippen LogP) is 1.20. The molecule has 1 unspecified atom stereocenters. The van der Waals surface area contributed by atoms with Crippen molar-refractivity contribution in [3.8, 4) is 0 Å². The summed E-state index contributed by atoms with van der Waals surface area (Å²) in [4.78, 5) is 22.5. The Kier molecular flexibility index (Phi) is 4.94. The van der Waals surface area contributed by atoms with Gasteiger partial charge in [0.15, 0.2) is 0 Å². The van der Waals surface area contributed by atoms with Gasteiger partial charge in [-0.15, -0.1) is 0 Å². The van der Waals surface area contributed by atoms with E-state index in [1.54, 1.807) is 0 Å². The van der Waals surface area contributed by atoms with E-state index in [1.165, 1.54) is 6.92 Å². The minimum atomic E-state index is -0.391. The largest absolute Gasteiger partial charge is 0.412 e. The van der Waals surface area contributed by atoms with Gasteiger partial charge in [-0.05, 0) is 0 Å². The number of hydrogen-bond acceptors (Lipinski definition) is 3. The fourth-order valence-corrected chi connectivity index (χ4v) is 1.07. The quantitative estimate of drug-likeness (QED) is 0.394. The number of carbonyl (C=O) groups excluding carboxylic acids is 2. The maximum atomic E-state index is 11.6. The summed E-state index contributed by atoms with van der Waals surface area (Å²) in [5.41, 5.74) is 0. The van der Waals surface area contributed by atoms with Crippen molar-refractivity contribution in [1.82, 2.24) is 0 Å². The fraction of sp³-hybridized carbons (Fsp3) is 0.818. The monoisotopic (exact) mass is 216 g/mol. The van der Waals surface area contributed by atoms with Crippen LogP contribution >= 0.6 is 0 Å². The first-order chi connectivity index (χ1) is 6.64. The van der Waals surface area contributed by atoms with Crippen LogP contribution in [0.3, 0.4) is 0 Å². The van der Waals surface area contributed by atoms with Crippen molar-refractivity contribution in [2.45, 2.75) is 33.4 Å². The van der Waals surface area contributed by atoms with Crippen LogP contribution in [-0.4, -0.2) is 43.6 Å². The lowest BCUT2D eigenvalue weighted by Gasteiger charge is -2.32. The van der Waals surface area contributed by atoms with Gasteiger partial charge in [-0.25, -0.2) is 0 Å². The van der Waals surface area contributed by atoms with Crippen LogP contribution in [0.2, 0.25) is 0 Å². The van der Waals surface area contributed by atoms with Crippen molar-refractivity contribution in [2.24, 2.45) is 5.92 Å². The number of esters is 1. The third kappa shape index (κ3) is 5.52. The van der Waals surface area contributed by atoms with Crippen molar-refractivity contribution in [3.63, 3.8) is 0 Å². The van der Waals surface area contributed by atoms with E-state index in [4.69, 9.17) is 4.74 Å². The van der Waals surface area contributed by atoms with Crippen LogP contribution in [0.1, 0.15) is 27.2 Å². The summed E-state index contributed by atoms with van der Waals surface area (Å²) in [6.07, 6.45) is -0.113. The Labute approximate surface area is 91.8 Å². The van der Waals surface area contributed by atoms with Crippen molar-refractivity contribution >= 4 is 11.8 Å². The van der Waals surface area contributed by atoms with Crippen LogP contribution in [0.25, 0.3) is 0 Å². The Balaban J connectivity index is 4.52. The molecule has 0 N–H and O–H groups in total. The van der Waals surface area contributed by atoms with E-state index in [9.17, 15) is 9.59 Å². The third-order valence-electron chi connectivity index (χ3n) is 2.19. The second kappa shape index (κ2) is 5.26. The highest BCUT2D eigenvalue weighted by molar-refractivity contribution is 5.80. The average molecular weight is 216 g/mol. The zero-order chi connectivity index (χ0) is 12.2. The third-order valence-corrected chi connectivity index (χ3v) is 2.19. The van der Waals surface area contributed by atoms with E-state index >= 15 is 0 Å². The Bertz CT molecular complexity index is 241. The summed E-state index contributed by atoms with van der Waals surface area (Å²) in [6.45, 7) is 5.06. The summed E-state index contributed by atoms with van der Waals surface area (Å²) >= 11 is 0. The molecule has 0 rings (SSSR count). The molecular weight excluding hydrogens is 194 g/mol. The highest BCUT2D eigenvalue weighted by Crippen LogP contribution is 2.13. The van der Waals surface area contributed by atoms with Gasteiger partial charge in [0.25, 0.3) is 0 Å². The normalized spacial score (nSPS) is 13.8. The van der Waals surface area contributed by atoms with Crippen LogP contribution < -0.4 is 0 Å². The number of carbonyl (C=O) groups is 2. The highest BCUT2D eigenvalue weighted by atomic mass is 16.6. The van der Waals surface area contributed by atoms with E-state index in [-0.39, 0.29) is 24.1 Å². The highest BCUT2D eigenvalue weighted by Gasteiger charge is 2.30. The Hall–Kier alpha value is -0.900. The molecule has 4 heteroatoms. The van der Waals surface area contributed by atoms with E-state index in [1.807, 2.05) is 35.0 Å². The lowest BCUT2D eigenvalue weighted by molar-refractivity contribution is -0.916. The van der Waals surface area contributed by atoms with Gasteiger partial charge in [0.05, 0.1) is 27.6 Å². The van der Waals surface area contributed by atoms with Gasteiger partial charge in [-0.1, -0.05) is 13.8 Å². The summed E-state index contributed by atoms with van der Waals surface area (Å²) in [7, 11) is 5.71. The lowest BCUT2D eigenvalue weighted by atomic mass is 10.1. The van der Waals surface area contributed by atoms with E-state index in [2.05, 4.69) is 0 Å². The zero-order valence-electron chi connectivity index (χ0n) is 10.5. The van der Waals surface area contributed by atoms with Crippen LogP contribution in [0.4, 0.5) is 0 Å². The zero-order valence-corrected chi connectivity index (χ0v) is 10.5. The molecule has 0 aromatic heterocycles. The molecule has 1 atom stereocenters. The molecule has 0 amide bonds. The molecule has 88 valence electrons. The fourth-order valence-electron chi connectivity index (χ4n) is 1.07. The molecule has 0 radical (unpaired) electrons. The van der Waals surface area contributed by atoms with E-state index in [0.717, 1.165) is 0 Å². The molecule has 0 heterocycles. The first-order valence-electron chi connectivity index (χ1n) is 5.15. The average Bonchev–Trinajstić information content (AvgIpc) is 2.00. The van der Waals surface area contributed by atoms with Crippen molar-refractivity contribution in [2.75, 3.05) is 21.1 Å². The molecule has 0 saturated heterocycles. The van der Waals surface area contributed by atoms with E-state index < -0.39 is 6.23 Å². The summed E-state index contributed by atoms with van der Waals surface area (Å²) in [5, 5.41) is 0. The van der Waals surface area contributed by atoms with Crippen LogP contribution in [-0.2, 0) is 14.3 Å². The molecule has 0 aliphatic rings. The minimum absolute atomic E-state index is 0.0189. The molecule has 0 aliphatic carbocycles. The van der Waals surface area contributed by atoms with Gasteiger partial charge in [0, 0.05) is 12.8 Å². The molecule has 0 saturated carbocycles. The second-order valence-corrected chi connectivity index (χ2v) is 5.01. The Morgan fingerprint density at radius 2 is 1.67 bits per heavy atom. The Morgan fingerprint density at radius 3 is 1.93 bits per heavy atom. The molecule has 0 fully saturated rings. The molecular formula is C11H22NO3+. The minimum Gasteiger partial charge on any atom is -0.412 e. The first-order valence-corrected chi connectivity index (χ1v) is 5.15.